The van der Waals surface area contributed by atoms with Gasteiger partial charge in [0.05, 0.1) is 0 Å². The van der Waals surface area contributed by atoms with Gasteiger partial charge in [0.1, 0.15) is 11.6 Å². The van der Waals surface area contributed by atoms with E-state index in [9.17, 15) is 26.3 Å². The maximum Gasteiger partial charge on any atom is 0.423 e. The van der Waals surface area contributed by atoms with Gasteiger partial charge >= 0.3 is 12.4 Å². The van der Waals surface area contributed by atoms with Crippen molar-refractivity contribution in [1.29, 1.82) is 0 Å². The second kappa shape index (κ2) is 5.90. The van der Waals surface area contributed by atoms with Crippen molar-refractivity contribution in [3.8, 4) is 0 Å². The number of halogens is 6. The van der Waals surface area contributed by atoms with Crippen LogP contribution in [0, 0.1) is 0 Å². The molecule has 0 aromatic carbocycles. The van der Waals surface area contributed by atoms with E-state index in [4.69, 9.17) is 0 Å². The quantitative estimate of drug-likeness (QED) is 0.850. The highest BCUT2D eigenvalue weighted by Gasteiger charge is 2.58. The summed E-state index contributed by atoms with van der Waals surface area (Å²) in [5.74, 6) is 0. The highest BCUT2D eigenvalue weighted by molar-refractivity contribution is 7.15. The van der Waals surface area contributed by atoms with E-state index in [2.05, 4.69) is 20.3 Å². The maximum atomic E-state index is 12.2. The van der Waals surface area contributed by atoms with Crippen molar-refractivity contribution in [3.05, 3.63) is 5.01 Å². The van der Waals surface area contributed by atoms with Crippen LogP contribution in [0.3, 0.4) is 0 Å². The standard InChI is InChI=1S/C8H9F6N3OS/c1-2-15-6-17-16-4(19-6)3-18-5(7(9,10)11)8(12,13)14/h5H,2-3H2,1H3,(H,15,17). The fourth-order valence-electron chi connectivity index (χ4n) is 1.06. The molecule has 0 aliphatic rings. The molecule has 0 saturated carbocycles. The van der Waals surface area contributed by atoms with Crippen LogP contribution in [-0.2, 0) is 11.3 Å². The predicted molar refractivity (Wildman–Crippen MR) is 54.8 cm³/mol. The summed E-state index contributed by atoms with van der Waals surface area (Å²) in [4.78, 5) is 0. The zero-order valence-corrected chi connectivity index (χ0v) is 10.3. The summed E-state index contributed by atoms with van der Waals surface area (Å²) < 4.78 is 76.8. The summed E-state index contributed by atoms with van der Waals surface area (Å²) in [7, 11) is 0. The first-order valence-corrected chi connectivity index (χ1v) is 5.77. The number of aromatic nitrogens is 2. The summed E-state index contributed by atoms with van der Waals surface area (Å²) in [6.07, 6.45) is -14.9. The molecule has 0 saturated heterocycles. The first-order chi connectivity index (χ1) is 8.64. The second-order valence-corrected chi connectivity index (χ2v) is 4.37. The zero-order valence-electron chi connectivity index (χ0n) is 9.47. The van der Waals surface area contributed by atoms with Crippen molar-refractivity contribution in [3.63, 3.8) is 0 Å². The van der Waals surface area contributed by atoms with Crippen LogP contribution in [0.2, 0.25) is 0 Å². The van der Waals surface area contributed by atoms with Crippen LogP contribution < -0.4 is 5.32 Å². The molecule has 1 aromatic rings. The van der Waals surface area contributed by atoms with Gasteiger partial charge in [-0.1, -0.05) is 11.3 Å². The molecular weight excluding hydrogens is 300 g/mol. The minimum absolute atomic E-state index is 0.0746. The Hall–Kier alpha value is -1.10. The first-order valence-electron chi connectivity index (χ1n) is 4.96. The maximum absolute atomic E-state index is 12.2. The van der Waals surface area contributed by atoms with E-state index in [-0.39, 0.29) is 5.01 Å². The number of hydrogen-bond acceptors (Lipinski definition) is 5. The summed E-state index contributed by atoms with van der Waals surface area (Å²) in [5, 5.41) is 9.89. The lowest BCUT2D eigenvalue weighted by Crippen LogP contribution is -2.44. The van der Waals surface area contributed by atoms with Crippen molar-refractivity contribution in [2.24, 2.45) is 0 Å². The molecule has 19 heavy (non-hydrogen) atoms. The first kappa shape index (κ1) is 16.0. The molecule has 1 N–H and O–H groups in total. The monoisotopic (exact) mass is 309 g/mol. The van der Waals surface area contributed by atoms with Gasteiger partial charge in [-0.25, -0.2) is 0 Å². The average molecular weight is 309 g/mol. The SMILES string of the molecule is CCNc1nnc(COC(C(F)(F)F)C(F)(F)F)s1. The van der Waals surface area contributed by atoms with E-state index < -0.39 is 25.1 Å². The van der Waals surface area contributed by atoms with Crippen molar-refractivity contribution < 1.29 is 31.1 Å². The molecule has 4 nitrogen and oxygen atoms in total. The largest absolute Gasteiger partial charge is 0.423 e. The molecular formula is C8H9F6N3OS. The van der Waals surface area contributed by atoms with E-state index in [0.29, 0.717) is 11.7 Å². The fourth-order valence-corrected chi connectivity index (χ4v) is 1.79. The Morgan fingerprint density at radius 1 is 1.16 bits per heavy atom. The van der Waals surface area contributed by atoms with E-state index in [1.165, 1.54) is 0 Å². The molecule has 1 heterocycles. The molecule has 0 atom stereocenters. The number of nitrogens with one attached hydrogen (secondary N) is 1. The smallest absolute Gasteiger partial charge is 0.360 e. The van der Waals surface area contributed by atoms with Gasteiger partial charge in [0, 0.05) is 6.54 Å². The van der Waals surface area contributed by atoms with Crippen LogP contribution in [0.4, 0.5) is 31.5 Å². The number of nitrogens with zero attached hydrogens (tertiary/aromatic N) is 2. The third-order valence-corrected chi connectivity index (χ3v) is 2.62. The second-order valence-electron chi connectivity index (χ2n) is 3.31. The number of hydrogen-bond donors (Lipinski definition) is 1. The zero-order chi connectivity index (χ0) is 14.7. The minimum Gasteiger partial charge on any atom is -0.360 e. The Balaban J connectivity index is 2.66. The Morgan fingerprint density at radius 2 is 1.74 bits per heavy atom. The van der Waals surface area contributed by atoms with Gasteiger partial charge in [-0.2, -0.15) is 26.3 Å². The van der Waals surface area contributed by atoms with Gasteiger partial charge in [0.25, 0.3) is 0 Å². The van der Waals surface area contributed by atoms with Crippen LogP contribution in [-0.4, -0.2) is 35.2 Å². The Kier molecular flexibility index (Phi) is 4.96. The van der Waals surface area contributed by atoms with E-state index in [0.717, 1.165) is 11.3 Å². The molecule has 11 heteroatoms. The van der Waals surface area contributed by atoms with Crippen LogP contribution in [0.25, 0.3) is 0 Å². The third kappa shape index (κ3) is 4.82. The molecule has 0 amide bonds. The molecule has 0 bridgehead atoms. The van der Waals surface area contributed by atoms with Gasteiger partial charge in [0.2, 0.25) is 11.2 Å². The lowest BCUT2D eigenvalue weighted by molar-refractivity contribution is -0.324. The predicted octanol–water partition coefficient (Wildman–Crippen LogP) is 2.98. The van der Waals surface area contributed by atoms with Crippen molar-refractivity contribution in [2.45, 2.75) is 32.0 Å². The highest BCUT2D eigenvalue weighted by Crippen LogP contribution is 2.36. The molecule has 0 aliphatic carbocycles. The Morgan fingerprint density at radius 3 is 2.21 bits per heavy atom. The van der Waals surface area contributed by atoms with Gasteiger partial charge in [-0.15, -0.1) is 10.2 Å². The van der Waals surface area contributed by atoms with Crippen LogP contribution >= 0.6 is 11.3 Å². The molecule has 0 fully saturated rings. The van der Waals surface area contributed by atoms with E-state index >= 15 is 0 Å². The molecule has 110 valence electrons. The van der Waals surface area contributed by atoms with E-state index in [1.807, 2.05) is 0 Å². The molecule has 0 aliphatic heterocycles. The number of alkyl halides is 6. The Bertz CT molecular complexity index is 390. The van der Waals surface area contributed by atoms with Gasteiger partial charge in [0.15, 0.2) is 0 Å². The topological polar surface area (TPSA) is 47.0 Å². The van der Waals surface area contributed by atoms with Crippen molar-refractivity contribution in [2.75, 3.05) is 11.9 Å². The number of anilines is 1. The van der Waals surface area contributed by atoms with Gasteiger partial charge in [-0.05, 0) is 6.92 Å². The lowest BCUT2D eigenvalue weighted by Gasteiger charge is -2.22. The summed E-state index contributed by atoms with van der Waals surface area (Å²) in [5.41, 5.74) is 0. The number of rotatable bonds is 5. The molecule has 1 aromatic heterocycles. The summed E-state index contributed by atoms with van der Waals surface area (Å²) in [6, 6.07) is 0. The lowest BCUT2D eigenvalue weighted by atomic mass is 10.3. The summed E-state index contributed by atoms with van der Waals surface area (Å²) in [6.45, 7) is 1.34. The highest BCUT2D eigenvalue weighted by atomic mass is 32.1. The molecule has 0 unspecified atom stereocenters. The fraction of sp³-hybridized carbons (Fsp3) is 0.750. The van der Waals surface area contributed by atoms with Crippen molar-refractivity contribution >= 4 is 16.5 Å². The summed E-state index contributed by atoms with van der Waals surface area (Å²) >= 11 is 0.828. The van der Waals surface area contributed by atoms with Gasteiger partial charge < -0.3 is 10.1 Å². The third-order valence-electron chi connectivity index (χ3n) is 1.76. The van der Waals surface area contributed by atoms with E-state index in [1.54, 1.807) is 6.92 Å². The number of ether oxygens (including phenoxy) is 1. The normalized spacial score (nSPS) is 13.1. The van der Waals surface area contributed by atoms with Gasteiger partial charge in [-0.3, -0.25) is 0 Å². The average Bonchev–Trinajstić information content (AvgIpc) is 2.62. The Labute approximate surface area is 107 Å². The van der Waals surface area contributed by atoms with Crippen LogP contribution in [0.1, 0.15) is 11.9 Å². The molecule has 0 radical (unpaired) electrons. The molecule has 1 rings (SSSR count). The minimum atomic E-state index is -5.52. The van der Waals surface area contributed by atoms with Crippen molar-refractivity contribution in [1.82, 2.24) is 10.2 Å². The van der Waals surface area contributed by atoms with Crippen LogP contribution in [0.15, 0.2) is 0 Å². The van der Waals surface area contributed by atoms with Crippen LogP contribution in [0.5, 0.6) is 0 Å². The molecule has 0 spiro atoms.